The van der Waals surface area contributed by atoms with Gasteiger partial charge in [0.15, 0.2) is 0 Å². The van der Waals surface area contributed by atoms with Crippen LogP contribution in [-0.4, -0.2) is 43.2 Å². The van der Waals surface area contributed by atoms with Crippen molar-refractivity contribution in [2.75, 3.05) is 26.2 Å². The highest BCUT2D eigenvalue weighted by Gasteiger charge is 2.26. The highest BCUT2D eigenvalue weighted by molar-refractivity contribution is 6.30. The second-order valence-corrected chi connectivity index (χ2v) is 6.22. The van der Waals surface area contributed by atoms with Crippen LogP contribution >= 0.6 is 11.6 Å². The van der Waals surface area contributed by atoms with E-state index in [1.165, 1.54) is 39.0 Å². The zero-order valence-electron chi connectivity index (χ0n) is 11.9. The summed E-state index contributed by atoms with van der Waals surface area (Å²) in [6, 6.07) is 8.48. The van der Waals surface area contributed by atoms with Gasteiger partial charge < -0.3 is 15.0 Å². The molecule has 1 N–H and O–H groups in total. The lowest BCUT2D eigenvalue weighted by atomic mass is 10.00. The van der Waals surface area contributed by atoms with Crippen molar-refractivity contribution < 1.29 is 4.74 Å². The van der Waals surface area contributed by atoms with E-state index in [1.807, 2.05) is 24.3 Å². The Morgan fingerprint density at radius 2 is 1.65 bits per heavy atom. The molecular formula is C16H23ClN2O. The summed E-state index contributed by atoms with van der Waals surface area (Å²) in [6.07, 6.45) is 5.21. The summed E-state index contributed by atoms with van der Waals surface area (Å²) in [5, 5.41) is 4.20. The van der Waals surface area contributed by atoms with Crippen molar-refractivity contribution in [1.82, 2.24) is 10.2 Å². The minimum atomic E-state index is 0.356. The van der Waals surface area contributed by atoms with Crippen LogP contribution in [0.5, 0.6) is 5.75 Å². The molecule has 4 heteroatoms. The first-order chi connectivity index (χ1) is 9.81. The average molecular weight is 295 g/mol. The van der Waals surface area contributed by atoms with Gasteiger partial charge in [-0.25, -0.2) is 0 Å². The number of rotatable bonds is 3. The van der Waals surface area contributed by atoms with Gasteiger partial charge in [0.05, 0.1) is 0 Å². The minimum absolute atomic E-state index is 0.356. The molecule has 0 aliphatic carbocycles. The predicted molar refractivity (Wildman–Crippen MR) is 82.6 cm³/mol. The van der Waals surface area contributed by atoms with Crippen molar-refractivity contribution in [2.24, 2.45) is 0 Å². The van der Waals surface area contributed by atoms with Crippen molar-refractivity contribution in [1.29, 1.82) is 0 Å². The van der Waals surface area contributed by atoms with Gasteiger partial charge in [0.25, 0.3) is 0 Å². The predicted octanol–water partition coefficient (Wildman–Crippen LogP) is 2.94. The topological polar surface area (TPSA) is 24.5 Å². The third kappa shape index (κ3) is 3.66. The molecule has 2 saturated heterocycles. The maximum absolute atomic E-state index is 6.05. The molecule has 1 aromatic carbocycles. The SMILES string of the molecule is Clc1ccc(OC2CCN(C3CCNCC3)CC2)cc1. The zero-order valence-corrected chi connectivity index (χ0v) is 12.6. The van der Waals surface area contributed by atoms with Gasteiger partial charge >= 0.3 is 0 Å². The van der Waals surface area contributed by atoms with Gasteiger partial charge in [0.1, 0.15) is 11.9 Å². The number of benzene rings is 1. The number of piperidine rings is 2. The first kappa shape index (κ1) is 14.2. The second-order valence-electron chi connectivity index (χ2n) is 5.79. The van der Waals surface area contributed by atoms with Crippen LogP contribution in [0.15, 0.2) is 24.3 Å². The first-order valence-electron chi connectivity index (χ1n) is 7.68. The zero-order chi connectivity index (χ0) is 13.8. The van der Waals surface area contributed by atoms with E-state index in [1.54, 1.807) is 0 Å². The minimum Gasteiger partial charge on any atom is -0.490 e. The Kier molecular flexibility index (Phi) is 4.81. The fourth-order valence-electron chi connectivity index (χ4n) is 3.24. The Bertz CT molecular complexity index is 409. The van der Waals surface area contributed by atoms with E-state index in [4.69, 9.17) is 16.3 Å². The van der Waals surface area contributed by atoms with E-state index in [0.29, 0.717) is 6.10 Å². The van der Waals surface area contributed by atoms with Crippen molar-refractivity contribution in [2.45, 2.75) is 37.8 Å². The van der Waals surface area contributed by atoms with E-state index in [9.17, 15) is 0 Å². The summed E-state index contributed by atoms with van der Waals surface area (Å²) in [5.74, 6) is 0.940. The molecule has 0 saturated carbocycles. The first-order valence-corrected chi connectivity index (χ1v) is 8.06. The summed E-state index contributed by atoms with van der Waals surface area (Å²) in [6.45, 7) is 4.68. The lowest BCUT2D eigenvalue weighted by molar-refractivity contribution is 0.0653. The Labute approximate surface area is 126 Å². The van der Waals surface area contributed by atoms with Gasteiger partial charge in [-0.2, -0.15) is 0 Å². The summed E-state index contributed by atoms with van der Waals surface area (Å²) in [7, 11) is 0. The highest BCUT2D eigenvalue weighted by Crippen LogP contribution is 2.23. The molecule has 0 amide bonds. The van der Waals surface area contributed by atoms with E-state index in [2.05, 4.69) is 10.2 Å². The van der Waals surface area contributed by atoms with Crippen LogP contribution in [0.2, 0.25) is 5.02 Å². The fraction of sp³-hybridized carbons (Fsp3) is 0.625. The molecule has 2 heterocycles. The normalized spacial score (nSPS) is 22.9. The van der Waals surface area contributed by atoms with Crippen molar-refractivity contribution in [3.05, 3.63) is 29.3 Å². The number of hydrogen-bond donors (Lipinski definition) is 1. The number of hydrogen-bond acceptors (Lipinski definition) is 3. The molecule has 2 aliphatic heterocycles. The summed E-state index contributed by atoms with van der Waals surface area (Å²) >= 11 is 5.89. The van der Waals surface area contributed by atoms with E-state index >= 15 is 0 Å². The van der Waals surface area contributed by atoms with Crippen molar-refractivity contribution in [3.63, 3.8) is 0 Å². The summed E-state index contributed by atoms with van der Waals surface area (Å²) in [4.78, 5) is 2.66. The number of likely N-dealkylation sites (tertiary alicyclic amines) is 1. The molecular weight excluding hydrogens is 272 g/mol. The lowest BCUT2D eigenvalue weighted by Crippen LogP contribution is -2.48. The smallest absolute Gasteiger partial charge is 0.119 e. The molecule has 3 rings (SSSR count). The molecule has 2 aliphatic rings. The number of nitrogens with zero attached hydrogens (tertiary/aromatic N) is 1. The highest BCUT2D eigenvalue weighted by atomic mass is 35.5. The quantitative estimate of drug-likeness (QED) is 0.928. The second kappa shape index (κ2) is 6.79. The molecule has 0 aromatic heterocycles. The molecule has 1 aromatic rings. The van der Waals surface area contributed by atoms with Crippen LogP contribution in [0.3, 0.4) is 0 Å². The molecule has 0 bridgehead atoms. The van der Waals surface area contributed by atoms with Gasteiger partial charge in [0.2, 0.25) is 0 Å². The monoisotopic (exact) mass is 294 g/mol. The van der Waals surface area contributed by atoms with Gasteiger partial charge in [0, 0.05) is 24.2 Å². The Morgan fingerprint density at radius 3 is 2.30 bits per heavy atom. The molecule has 0 radical (unpaired) electrons. The van der Waals surface area contributed by atoms with Crippen LogP contribution in [0.4, 0.5) is 0 Å². The third-order valence-electron chi connectivity index (χ3n) is 4.42. The Morgan fingerprint density at radius 1 is 1.00 bits per heavy atom. The maximum Gasteiger partial charge on any atom is 0.119 e. The van der Waals surface area contributed by atoms with Crippen molar-refractivity contribution in [3.8, 4) is 5.75 Å². The number of nitrogens with one attached hydrogen (secondary N) is 1. The van der Waals surface area contributed by atoms with Gasteiger partial charge in [-0.3, -0.25) is 0 Å². The number of halogens is 1. The molecule has 20 heavy (non-hydrogen) atoms. The largest absolute Gasteiger partial charge is 0.490 e. The average Bonchev–Trinajstić information content (AvgIpc) is 2.51. The van der Waals surface area contributed by atoms with Gasteiger partial charge in [-0.1, -0.05) is 11.6 Å². The van der Waals surface area contributed by atoms with Gasteiger partial charge in [-0.15, -0.1) is 0 Å². The molecule has 2 fully saturated rings. The standard InChI is InChI=1S/C16H23ClN2O/c17-13-1-3-15(4-2-13)20-16-7-11-19(12-8-16)14-5-9-18-10-6-14/h1-4,14,16,18H,5-12H2. The van der Waals surface area contributed by atoms with E-state index < -0.39 is 0 Å². The Balaban J connectivity index is 1.47. The molecule has 0 atom stereocenters. The lowest BCUT2D eigenvalue weighted by Gasteiger charge is -2.39. The summed E-state index contributed by atoms with van der Waals surface area (Å²) in [5.41, 5.74) is 0. The van der Waals surface area contributed by atoms with Crippen LogP contribution < -0.4 is 10.1 Å². The fourth-order valence-corrected chi connectivity index (χ4v) is 3.36. The van der Waals surface area contributed by atoms with Crippen LogP contribution in [-0.2, 0) is 0 Å². The summed E-state index contributed by atoms with van der Waals surface area (Å²) < 4.78 is 6.05. The van der Waals surface area contributed by atoms with E-state index in [0.717, 1.165) is 29.7 Å². The van der Waals surface area contributed by atoms with Crippen molar-refractivity contribution >= 4 is 11.6 Å². The van der Waals surface area contributed by atoms with Gasteiger partial charge in [-0.05, 0) is 63.0 Å². The molecule has 110 valence electrons. The number of ether oxygens (including phenoxy) is 1. The maximum atomic E-state index is 6.05. The van der Waals surface area contributed by atoms with Crippen LogP contribution in [0, 0.1) is 0 Å². The van der Waals surface area contributed by atoms with Crippen LogP contribution in [0.25, 0.3) is 0 Å². The third-order valence-corrected chi connectivity index (χ3v) is 4.67. The molecule has 0 unspecified atom stereocenters. The Hall–Kier alpha value is -0.770. The van der Waals surface area contributed by atoms with E-state index in [-0.39, 0.29) is 0 Å². The molecule has 0 spiro atoms. The molecule has 3 nitrogen and oxygen atoms in total. The van der Waals surface area contributed by atoms with Crippen LogP contribution in [0.1, 0.15) is 25.7 Å².